The molecule has 2 aromatic rings. The highest BCUT2D eigenvalue weighted by Gasteiger charge is 2.12. The monoisotopic (exact) mass is 360 g/mol. The Hall–Kier alpha value is -1.92. The highest BCUT2D eigenvalue weighted by atomic mass is 16.5. The topological polar surface area (TPSA) is 70.4 Å². The number of benzene rings is 1. The number of hydrogen-bond acceptors (Lipinski definition) is 4. The second-order valence-electron chi connectivity index (χ2n) is 6.67. The second-order valence-corrected chi connectivity index (χ2v) is 6.67. The molecule has 0 aliphatic heterocycles. The zero-order chi connectivity index (χ0) is 18.9. The molecule has 0 aliphatic carbocycles. The molecule has 0 bridgehead atoms. The molecule has 0 unspecified atom stereocenters. The van der Waals surface area contributed by atoms with Crippen molar-refractivity contribution in [2.75, 3.05) is 19.6 Å². The molecule has 2 rings (SSSR count). The molecule has 0 fully saturated rings. The van der Waals surface area contributed by atoms with Gasteiger partial charge in [-0.1, -0.05) is 33.3 Å². The number of hydrogen-bond donors (Lipinski definition) is 2. The van der Waals surface area contributed by atoms with Gasteiger partial charge in [-0.3, -0.25) is 10.0 Å². The Morgan fingerprint density at radius 2 is 2.00 bits per heavy atom. The zero-order valence-corrected chi connectivity index (χ0v) is 16.3. The van der Waals surface area contributed by atoms with E-state index in [1.807, 2.05) is 0 Å². The molecule has 1 heterocycles. The number of hydroxylamine groups is 1. The first-order valence-corrected chi connectivity index (χ1v) is 9.76. The molecule has 1 aromatic carbocycles. The Kier molecular flexibility index (Phi) is 8.06. The Labute approximate surface area is 156 Å². The number of nitrogens with zero attached hydrogens (tertiary/aromatic N) is 3. The maximum absolute atomic E-state index is 11.2. The first-order chi connectivity index (χ1) is 12.6. The number of likely N-dealkylation sites (N-methyl/N-ethyl adjacent to an activating group) is 1. The number of imidazole rings is 1. The fourth-order valence-corrected chi connectivity index (χ4v) is 3.25. The number of aromatic nitrogens is 2. The molecule has 0 spiro atoms. The summed E-state index contributed by atoms with van der Waals surface area (Å²) in [5, 5.41) is 8.63. The minimum Gasteiger partial charge on any atom is -0.327 e. The molecule has 0 radical (unpaired) electrons. The molecule has 0 atom stereocenters. The molecular weight excluding hydrogens is 328 g/mol. The van der Waals surface area contributed by atoms with E-state index in [1.54, 1.807) is 5.48 Å². The number of carbonyl (C=O) groups excluding carboxylic acids is 1. The van der Waals surface area contributed by atoms with Crippen LogP contribution in [-0.2, 0) is 24.2 Å². The van der Waals surface area contributed by atoms with E-state index in [0.29, 0.717) is 6.42 Å². The number of rotatable bonds is 11. The van der Waals surface area contributed by atoms with Gasteiger partial charge in [0.15, 0.2) is 0 Å². The molecular formula is C20H32N4O2. The Morgan fingerprint density at radius 1 is 1.23 bits per heavy atom. The number of unbranched alkanes of at least 4 members (excludes halogenated alkanes) is 1. The van der Waals surface area contributed by atoms with Crippen molar-refractivity contribution in [2.45, 2.75) is 59.4 Å². The first-order valence-electron chi connectivity index (χ1n) is 9.76. The molecule has 2 N–H and O–H groups in total. The third kappa shape index (κ3) is 5.29. The Balaban J connectivity index is 2.24. The van der Waals surface area contributed by atoms with Crippen LogP contribution in [-0.4, -0.2) is 45.2 Å². The van der Waals surface area contributed by atoms with Crippen LogP contribution in [0, 0.1) is 0 Å². The normalized spacial score (nSPS) is 11.4. The number of fused-ring (bicyclic) bond motifs is 1. The van der Waals surface area contributed by atoms with Crippen molar-refractivity contribution < 1.29 is 10.0 Å². The molecule has 0 saturated carbocycles. The fraction of sp³-hybridized carbons (Fsp3) is 0.600. The summed E-state index contributed by atoms with van der Waals surface area (Å²) in [7, 11) is 0. The summed E-state index contributed by atoms with van der Waals surface area (Å²) in [6.07, 6.45) is 4.15. The van der Waals surface area contributed by atoms with E-state index in [0.717, 1.165) is 62.3 Å². The maximum Gasteiger partial charge on any atom is 0.243 e. The van der Waals surface area contributed by atoms with E-state index in [2.05, 4.69) is 48.4 Å². The molecule has 1 aromatic heterocycles. The van der Waals surface area contributed by atoms with Gasteiger partial charge in [-0.15, -0.1) is 0 Å². The van der Waals surface area contributed by atoms with E-state index < -0.39 is 0 Å². The Bertz CT molecular complexity index is 707. The van der Waals surface area contributed by atoms with Crippen LogP contribution in [0.15, 0.2) is 18.2 Å². The van der Waals surface area contributed by atoms with E-state index in [1.165, 1.54) is 5.52 Å². The molecule has 26 heavy (non-hydrogen) atoms. The van der Waals surface area contributed by atoms with Crippen molar-refractivity contribution in [1.29, 1.82) is 0 Å². The number of amides is 1. The summed E-state index contributed by atoms with van der Waals surface area (Å²) < 4.78 is 2.35. The fourth-order valence-electron chi connectivity index (χ4n) is 3.25. The molecule has 6 nitrogen and oxygen atoms in total. The van der Waals surface area contributed by atoms with Crippen LogP contribution in [0.25, 0.3) is 11.0 Å². The minimum absolute atomic E-state index is 0.271. The third-order valence-corrected chi connectivity index (χ3v) is 4.95. The van der Waals surface area contributed by atoms with Gasteiger partial charge in [0.1, 0.15) is 5.82 Å². The highest BCUT2D eigenvalue weighted by Crippen LogP contribution is 2.20. The quantitative estimate of drug-likeness (QED) is 0.477. The standard InChI is InChI=1S/C20H32N4O2/c1-4-7-8-19-21-17-15-16(10-12-20(25)22-26)9-11-18(17)24(19)14-13-23(5-2)6-3/h9,11,15,26H,4-8,10,12-14H2,1-3H3,(H,22,25). The number of carbonyl (C=O) groups is 1. The summed E-state index contributed by atoms with van der Waals surface area (Å²) in [6.45, 7) is 10.7. The van der Waals surface area contributed by atoms with Gasteiger partial charge in [0, 0.05) is 25.9 Å². The third-order valence-electron chi connectivity index (χ3n) is 4.95. The van der Waals surface area contributed by atoms with Gasteiger partial charge in [-0.25, -0.2) is 10.5 Å². The van der Waals surface area contributed by atoms with Gasteiger partial charge in [0.05, 0.1) is 11.0 Å². The average molecular weight is 361 g/mol. The lowest BCUT2D eigenvalue weighted by Crippen LogP contribution is -2.27. The van der Waals surface area contributed by atoms with Crippen LogP contribution >= 0.6 is 0 Å². The predicted molar refractivity (Wildman–Crippen MR) is 104 cm³/mol. The minimum atomic E-state index is -0.363. The van der Waals surface area contributed by atoms with Crippen molar-refractivity contribution in [3.8, 4) is 0 Å². The lowest BCUT2D eigenvalue weighted by Gasteiger charge is -2.19. The molecule has 144 valence electrons. The van der Waals surface area contributed by atoms with Crippen molar-refractivity contribution >= 4 is 16.9 Å². The lowest BCUT2D eigenvalue weighted by atomic mass is 10.1. The lowest BCUT2D eigenvalue weighted by molar-refractivity contribution is -0.129. The molecule has 6 heteroatoms. The van der Waals surface area contributed by atoms with E-state index in [9.17, 15) is 4.79 Å². The summed E-state index contributed by atoms with van der Waals surface area (Å²) in [4.78, 5) is 18.6. The smallest absolute Gasteiger partial charge is 0.243 e. The summed E-state index contributed by atoms with van der Waals surface area (Å²) in [5.74, 6) is 0.790. The van der Waals surface area contributed by atoms with Gasteiger partial charge in [-0.2, -0.15) is 0 Å². The zero-order valence-electron chi connectivity index (χ0n) is 16.3. The Morgan fingerprint density at radius 3 is 2.65 bits per heavy atom. The van der Waals surface area contributed by atoms with E-state index >= 15 is 0 Å². The highest BCUT2D eigenvalue weighted by molar-refractivity contribution is 5.78. The van der Waals surface area contributed by atoms with Crippen LogP contribution in [0.5, 0.6) is 0 Å². The number of aryl methyl sites for hydroxylation is 2. The average Bonchev–Trinajstić information content (AvgIpc) is 3.01. The van der Waals surface area contributed by atoms with Crippen molar-refractivity contribution in [1.82, 2.24) is 19.9 Å². The van der Waals surface area contributed by atoms with Crippen molar-refractivity contribution in [3.05, 3.63) is 29.6 Å². The SMILES string of the molecule is CCCCc1nc2cc(CCC(=O)NO)ccc2n1CCN(CC)CC. The van der Waals surface area contributed by atoms with Gasteiger partial charge in [0.2, 0.25) is 5.91 Å². The van der Waals surface area contributed by atoms with Crippen LogP contribution in [0.1, 0.15) is 51.4 Å². The summed E-state index contributed by atoms with van der Waals surface area (Å²) in [6, 6.07) is 6.25. The number of nitrogens with one attached hydrogen (secondary N) is 1. The summed E-state index contributed by atoms with van der Waals surface area (Å²) in [5.41, 5.74) is 4.91. The first kappa shape index (κ1) is 20.4. The van der Waals surface area contributed by atoms with E-state index in [-0.39, 0.29) is 12.3 Å². The van der Waals surface area contributed by atoms with Crippen molar-refractivity contribution in [3.63, 3.8) is 0 Å². The van der Waals surface area contributed by atoms with Crippen LogP contribution in [0.3, 0.4) is 0 Å². The van der Waals surface area contributed by atoms with E-state index in [4.69, 9.17) is 10.2 Å². The van der Waals surface area contributed by atoms with Gasteiger partial charge >= 0.3 is 0 Å². The van der Waals surface area contributed by atoms with Gasteiger partial charge in [0.25, 0.3) is 0 Å². The molecule has 0 saturated heterocycles. The van der Waals surface area contributed by atoms with Crippen molar-refractivity contribution in [2.24, 2.45) is 0 Å². The van der Waals surface area contributed by atoms with Crippen LogP contribution in [0.4, 0.5) is 0 Å². The van der Waals surface area contributed by atoms with Crippen LogP contribution < -0.4 is 5.48 Å². The maximum atomic E-state index is 11.2. The van der Waals surface area contributed by atoms with Gasteiger partial charge < -0.3 is 9.47 Å². The van der Waals surface area contributed by atoms with Crippen LogP contribution in [0.2, 0.25) is 0 Å². The predicted octanol–water partition coefficient (Wildman–Crippen LogP) is 3.16. The second kappa shape index (κ2) is 10.3. The largest absolute Gasteiger partial charge is 0.327 e. The molecule has 0 aliphatic rings. The molecule has 1 amide bonds. The summed E-state index contributed by atoms with van der Waals surface area (Å²) >= 11 is 0. The van der Waals surface area contributed by atoms with Gasteiger partial charge in [-0.05, 0) is 43.6 Å².